The Bertz CT molecular complexity index is 965. The zero-order valence-electron chi connectivity index (χ0n) is 19.0. The molecule has 0 saturated heterocycles. The van der Waals surface area contributed by atoms with Crippen molar-refractivity contribution in [1.82, 2.24) is 15.6 Å². The van der Waals surface area contributed by atoms with Gasteiger partial charge >= 0.3 is 0 Å². The highest BCUT2D eigenvalue weighted by Gasteiger charge is 2.42. The zero-order chi connectivity index (χ0) is 23.3. The second-order valence-corrected chi connectivity index (χ2v) is 8.66. The Morgan fingerprint density at radius 3 is 2.56 bits per heavy atom. The first-order chi connectivity index (χ1) is 15.3. The molecule has 0 saturated carbocycles. The normalized spacial score (nSPS) is 18.0. The number of benzene rings is 1. The van der Waals surface area contributed by atoms with Crippen LogP contribution < -0.4 is 20.9 Å². The maximum Gasteiger partial charge on any atom is 0.247 e. The van der Waals surface area contributed by atoms with Crippen LogP contribution in [0, 0.1) is 5.92 Å². The molecule has 1 aromatic heterocycles. The Morgan fingerprint density at radius 2 is 1.94 bits per heavy atom. The molecule has 1 aliphatic heterocycles. The number of aldehydes is 1. The van der Waals surface area contributed by atoms with Crippen molar-refractivity contribution in [3.05, 3.63) is 54.2 Å². The van der Waals surface area contributed by atoms with E-state index in [4.69, 9.17) is 0 Å². The predicted octanol–water partition coefficient (Wildman–Crippen LogP) is 1.77. The fourth-order valence-corrected chi connectivity index (χ4v) is 3.74. The van der Waals surface area contributed by atoms with Gasteiger partial charge in [0.1, 0.15) is 18.1 Å². The lowest BCUT2D eigenvalue weighted by atomic mass is 9.99. The largest absolute Gasteiger partial charge is 0.324 e. The second kappa shape index (κ2) is 10.0. The van der Waals surface area contributed by atoms with E-state index in [2.05, 4.69) is 20.9 Å². The van der Waals surface area contributed by atoms with Crippen LogP contribution >= 0.6 is 0 Å². The molecule has 8 nitrogen and oxygen atoms in total. The van der Waals surface area contributed by atoms with Gasteiger partial charge in [-0.25, -0.2) is 4.98 Å². The van der Waals surface area contributed by atoms with Crippen molar-refractivity contribution < 1.29 is 14.4 Å². The molecule has 3 N–H and O–H groups in total. The lowest BCUT2D eigenvalue weighted by Gasteiger charge is -2.32. The molecule has 8 heteroatoms. The molecule has 1 aliphatic rings. The molecule has 0 radical (unpaired) electrons. The van der Waals surface area contributed by atoms with E-state index in [0.717, 1.165) is 11.8 Å². The Labute approximate surface area is 188 Å². The molecular formula is C24H31N5O3. The number of fused-ring (bicyclic) bond motifs is 1. The first kappa shape index (κ1) is 23.6. The van der Waals surface area contributed by atoms with Gasteiger partial charge in [0.15, 0.2) is 0 Å². The summed E-state index contributed by atoms with van der Waals surface area (Å²) in [5, 5.41) is 9.11. The van der Waals surface area contributed by atoms with Gasteiger partial charge in [0.05, 0.1) is 11.6 Å². The van der Waals surface area contributed by atoms with Crippen molar-refractivity contribution in [2.24, 2.45) is 5.92 Å². The van der Waals surface area contributed by atoms with Gasteiger partial charge < -0.3 is 20.7 Å². The summed E-state index contributed by atoms with van der Waals surface area (Å²) >= 11 is 0. The molecule has 170 valence electrons. The molecule has 3 rings (SSSR count). The minimum Gasteiger partial charge on any atom is -0.324 e. The average molecular weight is 438 g/mol. The number of carbonyl (C=O) groups excluding carboxylic acids is 3. The van der Waals surface area contributed by atoms with E-state index < -0.39 is 17.6 Å². The maximum atomic E-state index is 13.7. The van der Waals surface area contributed by atoms with Gasteiger partial charge in [-0.2, -0.15) is 0 Å². The molecule has 2 amide bonds. The standard InChI is InChI=1S/C24H31N5O3/c1-16(2)20(27-14-24(3,15-30)25-4)23(32)29-19(13-17-9-8-12-26-21(17)29)22(31)28-18-10-6-5-7-11-18/h5-12,15-16,19-20,25,27H,13-14H2,1-4H3,(H,28,31)/t19-,20+,24+/m1/s1. The SMILES string of the molecule is CN[C@](C)(C=O)CN[C@H](C(=O)N1c2ncccc2C[C@@H]1C(=O)Nc1ccccc1)C(C)C. The summed E-state index contributed by atoms with van der Waals surface area (Å²) in [7, 11) is 1.70. The third-order valence-electron chi connectivity index (χ3n) is 5.86. The van der Waals surface area contributed by atoms with Crippen LogP contribution in [0.25, 0.3) is 0 Å². The number of nitrogens with one attached hydrogen (secondary N) is 3. The molecule has 1 aromatic carbocycles. The molecule has 0 unspecified atom stereocenters. The number of carbonyl (C=O) groups is 3. The Morgan fingerprint density at radius 1 is 1.22 bits per heavy atom. The number of aromatic nitrogens is 1. The Hall–Kier alpha value is -3.10. The van der Waals surface area contributed by atoms with Gasteiger partial charge in [0.2, 0.25) is 11.8 Å². The number of anilines is 2. The molecule has 0 bridgehead atoms. The van der Waals surface area contributed by atoms with Crippen molar-refractivity contribution in [3.8, 4) is 0 Å². The van der Waals surface area contributed by atoms with Gasteiger partial charge in [0.25, 0.3) is 0 Å². The van der Waals surface area contributed by atoms with Crippen LogP contribution in [0.4, 0.5) is 11.5 Å². The zero-order valence-corrected chi connectivity index (χ0v) is 19.0. The quantitative estimate of drug-likeness (QED) is 0.517. The number of pyridine rings is 1. The Balaban J connectivity index is 1.88. The number of nitrogens with zero attached hydrogens (tertiary/aromatic N) is 2. The summed E-state index contributed by atoms with van der Waals surface area (Å²) in [4.78, 5) is 44.3. The molecule has 32 heavy (non-hydrogen) atoms. The highest BCUT2D eigenvalue weighted by Crippen LogP contribution is 2.32. The number of likely N-dealkylation sites (N-methyl/N-ethyl adjacent to an activating group) is 1. The van der Waals surface area contributed by atoms with Crippen molar-refractivity contribution in [2.45, 2.75) is 44.8 Å². The van der Waals surface area contributed by atoms with E-state index in [-0.39, 0.29) is 24.3 Å². The first-order valence-electron chi connectivity index (χ1n) is 10.8. The fourth-order valence-electron chi connectivity index (χ4n) is 3.74. The van der Waals surface area contributed by atoms with Crippen LogP contribution in [0.3, 0.4) is 0 Å². The highest BCUT2D eigenvalue weighted by atomic mass is 16.2. The van der Waals surface area contributed by atoms with Crippen LogP contribution in [-0.2, 0) is 20.8 Å². The number of para-hydroxylation sites is 1. The summed E-state index contributed by atoms with van der Waals surface area (Å²) in [6.45, 7) is 5.90. The van der Waals surface area contributed by atoms with Gasteiger partial charge in [0, 0.05) is 24.8 Å². The van der Waals surface area contributed by atoms with Gasteiger partial charge in [-0.1, -0.05) is 38.1 Å². The lowest BCUT2D eigenvalue weighted by molar-refractivity contribution is -0.125. The van der Waals surface area contributed by atoms with Gasteiger partial charge in [-0.15, -0.1) is 0 Å². The minimum absolute atomic E-state index is 0.0687. The van der Waals surface area contributed by atoms with E-state index in [1.807, 2.05) is 38.1 Å². The number of amides is 2. The number of hydrogen-bond acceptors (Lipinski definition) is 6. The Kier molecular flexibility index (Phi) is 7.37. The monoisotopic (exact) mass is 437 g/mol. The van der Waals surface area contributed by atoms with Crippen molar-refractivity contribution in [2.75, 3.05) is 23.8 Å². The van der Waals surface area contributed by atoms with Crippen molar-refractivity contribution in [1.29, 1.82) is 0 Å². The molecule has 0 spiro atoms. The molecule has 0 aliphatic carbocycles. The van der Waals surface area contributed by atoms with Crippen LogP contribution in [0.1, 0.15) is 26.3 Å². The molecular weight excluding hydrogens is 406 g/mol. The van der Waals surface area contributed by atoms with Gasteiger partial charge in [-0.3, -0.25) is 14.5 Å². The topological polar surface area (TPSA) is 103 Å². The van der Waals surface area contributed by atoms with E-state index in [1.165, 1.54) is 4.90 Å². The van der Waals surface area contributed by atoms with Crippen LogP contribution in [0.5, 0.6) is 0 Å². The van der Waals surface area contributed by atoms with E-state index in [1.54, 1.807) is 38.4 Å². The average Bonchev–Trinajstić information content (AvgIpc) is 3.19. The number of hydrogen-bond donors (Lipinski definition) is 3. The summed E-state index contributed by atoms with van der Waals surface area (Å²) in [5.41, 5.74) is 0.714. The smallest absolute Gasteiger partial charge is 0.247 e. The fraction of sp³-hybridized carbons (Fsp3) is 0.417. The third kappa shape index (κ3) is 5.03. The highest BCUT2D eigenvalue weighted by molar-refractivity contribution is 6.08. The lowest BCUT2D eigenvalue weighted by Crippen LogP contribution is -2.59. The van der Waals surface area contributed by atoms with Gasteiger partial charge in [-0.05, 0) is 43.7 Å². The van der Waals surface area contributed by atoms with Crippen LogP contribution in [0.2, 0.25) is 0 Å². The summed E-state index contributed by atoms with van der Waals surface area (Å²) < 4.78 is 0. The predicted molar refractivity (Wildman–Crippen MR) is 124 cm³/mol. The third-order valence-corrected chi connectivity index (χ3v) is 5.86. The minimum atomic E-state index is -0.807. The van der Waals surface area contributed by atoms with E-state index >= 15 is 0 Å². The molecule has 2 heterocycles. The molecule has 3 atom stereocenters. The van der Waals surface area contributed by atoms with Crippen molar-refractivity contribution >= 4 is 29.6 Å². The van der Waals surface area contributed by atoms with Crippen LogP contribution in [-0.4, -0.2) is 54.3 Å². The van der Waals surface area contributed by atoms with Crippen LogP contribution in [0.15, 0.2) is 48.7 Å². The molecule has 0 fully saturated rings. The molecule has 2 aromatic rings. The second-order valence-electron chi connectivity index (χ2n) is 8.66. The van der Waals surface area contributed by atoms with E-state index in [9.17, 15) is 14.4 Å². The maximum absolute atomic E-state index is 13.7. The van der Waals surface area contributed by atoms with Crippen molar-refractivity contribution in [3.63, 3.8) is 0 Å². The summed E-state index contributed by atoms with van der Waals surface area (Å²) in [5.74, 6) is -0.0705. The summed E-state index contributed by atoms with van der Waals surface area (Å²) in [6.07, 6.45) is 2.84. The first-order valence-corrected chi connectivity index (χ1v) is 10.8. The summed E-state index contributed by atoms with van der Waals surface area (Å²) in [6, 6.07) is 11.6. The van der Waals surface area contributed by atoms with E-state index in [0.29, 0.717) is 17.9 Å². The number of rotatable bonds is 9.